The minimum absolute atomic E-state index is 0.0285. The van der Waals surface area contributed by atoms with Gasteiger partial charge in [0.25, 0.3) is 0 Å². The predicted octanol–water partition coefficient (Wildman–Crippen LogP) is 7.45. The number of aliphatic imine (C=N–C) groups is 1. The number of anilines is 2. The van der Waals surface area contributed by atoms with Crippen LogP contribution in [0.1, 0.15) is 17.5 Å². The minimum atomic E-state index is -4.81. The largest absolute Gasteiger partial charge is 0.573 e. The Bertz CT molecular complexity index is 1820. The van der Waals surface area contributed by atoms with Crippen LogP contribution in [0, 0.1) is 13.8 Å². The van der Waals surface area contributed by atoms with Crippen LogP contribution in [-0.2, 0) is 4.79 Å². The van der Waals surface area contributed by atoms with E-state index in [4.69, 9.17) is 4.74 Å². The number of ether oxygens (including phenoxy) is 2. The first-order chi connectivity index (χ1) is 22.1. The normalized spacial score (nSPS) is 14.5. The van der Waals surface area contributed by atoms with Crippen molar-refractivity contribution >= 4 is 40.2 Å². The maximum atomic E-state index is 12.9. The summed E-state index contributed by atoms with van der Waals surface area (Å²) in [5.41, 5.74) is 2.93. The molecule has 17 heteroatoms. The highest BCUT2D eigenvalue weighted by Crippen LogP contribution is 2.36. The van der Waals surface area contributed by atoms with E-state index in [9.17, 15) is 35.9 Å². The van der Waals surface area contributed by atoms with Gasteiger partial charge in [0.2, 0.25) is 5.91 Å². The Labute approximate surface area is 267 Å². The molecule has 10 nitrogen and oxygen atoms in total. The number of hydrogen-bond acceptors (Lipinski definition) is 7. The van der Waals surface area contributed by atoms with Gasteiger partial charge in [-0.25, -0.2) is 14.5 Å². The molecule has 1 N–H and O–H groups in total. The summed E-state index contributed by atoms with van der Waals surface area (Å²) in [4.78, 5) is 35.2. The third kappa shape index (κ3) is 8.60. The molecule has 1 aromatic heterocycles. The molecule has 47 heavy (non-hydrogen) atoms. The molecule has 2 heterocycles. The van der Waals surface area contributed by atoms with Gasteiger partial charge in [0.1, 0.15) is 17.8 Å². The second-order valence-corrected chi connectivity index (χ2v) is 11.1. The smallest absolute Gasteiger partial charge is 0.491 e. The SMILES string of the molecule is Cc1ccc(OCCC(F)(F)F)c(N2C(=O)CS/C2=N\C(=O)Nc2ccc(-c3ncn(-c4ccc(OC(F)(F)F)cc4)n3)cc2C)c1. The van der Waals surface area contributed by atoms with Gasteiger partial charge in [-0.05, 0) is 79.6 Å². The van der Waals surface area contributed by atoms with Crippen molar-refractivity contribution in [2.45, 2.75) is 32.8 Å². The summed E-state index contributed by atoms with van der Waals surface area (Å²) in [6.07, 6.45) is -9.01. The molecule has 4 aromatic rings. The number of amidine groups is 1. The predicted molar refractivity (Wildman–Crippen MR) is 162 cm³/mol. The number of amides is 3. The molecule has 0 unspecified atom stereocenters. The molecule has 0 spiro atoms. The first-order valence-corrected chi connectivity index (χ1v) is 14.7. The van der Waals surface area contributed by atoms with E-state index in [1.54, 1.807) is 44.2 Å². The summed E-state index contributed by atoms with van der Waals surface area (Å²) in [5.74, 6) is -0.491. The summed E-state index contributed by atoms with van der Waals surface area (Å²) in [6.45, 7) is 2.81. The minimum Gasteiger partial charge on any atom is -0.491 e. The highest BCUT2D eigenvalue weighted by molar-refractivity contribution is 8.15. The van der Waals surface area contributed by atoms with Crippen molar-refractivity contribution in [2.24, 2.45) is 4.99 Å². The van der Waals surface area contributed by atoms with E-state index in [0.29, 0.717) is 33.9 Å². The molecule has 0 saturated carbocycles. The van der Waals surface area contributed by atoms with E-state index in [0.717, 1.165) is 28.8 Å². The number of thioether (sulfide) groups is 1. The molecule has 246 valence electrons. The number of alkyl halides is 6. The monoisotopic (exact) mass is 678 g/mol. The maximum Gasteiger partial charge on any atom is 0.573 e. The molecule has 0 bridgehead atoms. The molecule has 1 aliphatic rings. The third-order valence-electron chi connectivity index (χ3n) is 6.51. The Hall–Kier alpha value is -5.06. The number of urea groups is 1. The van der Waals surface area contributed by atoms with Crippen molar-refractivity contribution in [1.82, 2.24) is 14.8 Å². The van der Waals surface area contributed by atoms with E-state index < -0.39 is 37.5 Å². The number of carbonyl (C=O) groups excluding carboxylic acids is 2. The lowest BCUT2D eigenvalue weighted by Gasteiger charge is -2.21. The van der Waals surface area contributed by atoms with Crippen molar-refractivity contribution in [3.05, 3.63) is 78.1 Å². The van der Waals surface area contributed by atoms with Crippen LogP contribution in [0.15, 0.2) is 72.0 Å². The van der Waals surface area contributed by atoms with E-state index in [2.05, 4.69) is 25.1 Å². The zero-order valence-electron chi connectivity index (χ0n) is 24.5. The number of hydrogen-bond donors (Lipinski definition) is 1. The average molecular weight is 679 g/mol. The number of carbonyl (C=O) groups is 2. The Kier molecular flexibility index (Phi) is 9.46. The van der Waals surface area contributed by atoms with E-state index in [-0.39, 0.29) is 28.1 Å². The van der Waals surface area contributed by atoms with Gasteiger partial charge in [-0.15, -0.1) is 18.3 Å². The summed E-state index contributed by atoms with van der Waals surface area (Å²) in [7, 11) is 0. The molecule has 3 aromatic carbocycles. The number of nitrogens with one attached hydrogen (secondary N) is 1. The first-order valence-electron chi connectivity index (χ1n) is 13.7. The van der Waals surface area contributed by atoms with E-state index in [1.807, 2.05) is 0 Å². The molecule has 1 aliphatic heterocycles. The highest BCUT2D eigenvalue weighted by Gasteiger charge is 2.34. The highest BCUT2D eigenvalue weighted by atomic mass is 32.2. The summed E-state index contributed by atoms with van der Waals surface area (Å²) < 4.78 is 85.9. The Morgan fingerprint density at radius 2 is 1.77 bits per heavy atom. The van der Waals surface area contributed by atoms with Gasteiger partial charge in [-0.2, -0.15) is 18.2 Å². The molecule has 0 aliphatic carbocycles. The van der Waals surface area contributed by atoms with Gasteiger partial charge in [-0.3, -0.25) is 9.69 Å². The first kappa shape index (κ1) is 33.3. The quantitative estimate of drug-likeness (QED) is 0.193. The Balaban J connectivity index is 1.29. The lowest BCUT2D eigenvalue weighted by Crippen LogP contribution is -2.31. The van der Waals surface area contributed by atoms with Crippen LogP contribution in [0.3, 0.4) is 0 Å². The van der Waals surface area contributed by atoms with Crippen LogP contribution in [-0.4, -0.2) is 56.8 Å². The number of nitrogens with zero attached hydrogens (tertiary/aromatic N) is 5. The standard InChI is InChI=1S/C30H24F6N6O4S/c1-17-3-10-24(45-12-11-29(31,32)33)23(13-17)42-25(43)15-47-28(42)39-27(44)38-22-9-4-19(14-18(22)2)26-37-16-41(40-26)20-5-7-21(8-6-20)46-30(34,35)36/h3-10,13-14,16H,11-12,15H2,1-2H3,(H,38,44)/b39-28-. The second-order valence-electron chi connectivity index (χ2n) is 10.1. The molecule has 1 fully saturated rings. The molecule has 5 rings (SSSR count). The van der Waals surface area contributed by atoms with Gasteiger partial charge >= 0.3 is 18.6 Å². The summed E-state index contributed by atoms with van der Waals surface area (Å²) in [5, 5.41) is 7.06. The molecule has 0 atom stereocenters. The molecule has 3 amide bonds. The van der Waals surface area contributed by atoms with Crippen molar-refractivity contribution < 1.29 is 45.4 Å². The van der Waals surface area contributed by atoms with Gasteiger partial charge in [0.15, 0.2) is 11.0 Å². The van der Waals surface area contributed by atoms with Crippen LogP contribution >= 0.6 is 11.8 Å². The topological polar surface area (TPSA) is 111 Å². The number of aryl methyl sites for hydroxylation is 2. The molecule has 1 saturated heterocycles. The zero-order chi connectivity index (χ0) is 33.9. The number of rotatable bonds is 8. The van der Waals surface area contributed by atoms with Gasteiger partial charge in [-0.1, -0.05) is 17.8 Å². The summed E-state index contributed by atoms with van der Waals surface area (Å²) in [6, 6.07) is 13.9. The van der Waals surface area contributed by atoms with Crippen LogP contribution in [0.2, 0.25) is 0 Å². The fraction of sp³-hybridized carbons (Fsp3) is 0.233. The molecular formula is C30H24F6N6O4S. The Morgan fingerprint density at radius 1 is 1.02 bits per heavy atom. The van der Waals surface area contributed by atoms with Crippen molar-refractivity contribution in [2.75, 3.05) is 22.6 Å². The van der Waals surface area contributed by atoms with E-state index in [1.165, 1.54) is 29.2 Å². The number of aromatic nitrogens is 3. The van der Waals surface area contributed by atoms with Crippen molar-refractivity contribution in [3.63, 3.8) is 0 Å². The van der Waals surface area contributed by atoms with Crippen LogP contribution in [0.4, 0.5) is 42.5 Å². The molecule has 0 radical (unpaired) electrons. The fourth-order valence-electron chi connectivity index (χ4n) is 4.38. The third-order valence-corrected chi connectivity index (χ3v) is 7.44. The Morgan fingerprint density at radius 3 is 2.45 bits per heavy atom. The molecular weight excluding hydrogens is 654 g/mol. The van der Waals surface area contributed by atoms with Crippen LogP contribution in [0.5, 0.6) is 11.5 Å². The lowest BCUT2D eigenvalue weighted by molar-refractivity contribution is -0.274. The van der Waals surface area contributed by atoms with Gasteiger partial charge in [0, 0.05) is 11.3 Å². The number of halogens is 6. The number of benzene rings is 3. The van der Waals surface area contributed by atoms with Gasteiger partial charge < -0.3 is 14.8 Å². The van der Waals surface area contributed by atoms with Gasteiger partial charge in [0.05, 0.1) is 30.2 Å². The van der Waals surface area contributed by atoms with Crippen LogP contribution in [0.25, 0.3) is 17.1 Å². The maximum absolute atomic E-state index is 12.9. The van der Waals surface area contributed by atoms with Crippen LogP contribution < -0.4 is 19.7 Å². The fourth-order valence-corrected chi connectivity index (χ4v) is 5.23. The average Bonchev–Trinajstić information content (AvgIpc) is 3.61. The second kappa shape index (κ2) is 13.4. The van der Waals surface area contributed by atoms with Crippen molar-refractivity contribution in [1.29, 1.82) is 0 Å². The zero-order valence-corrected chi connectivity index (χ0v) is 25.3. The lowest BCUT2D eigenvalue weighted by atomic mass is 10.1. The summed E-state index contributed by atoms with van der Waals surface area (Å²) >= 11 is 0.997. The van der Waals surface area contributed by atoms with E-state index >= 15 is 0 Å². The van der Waals surface area contributed by atoms with Crippen molar-refractivity contribution in [3.8, 4) is 28.6 Å².